The number of rotatable bonds is 7. The van der Waals surface area contributed by atoms with Gasteiger partial charge in [0.25, 0.3) is 5.91 Å². The molecule has 1 fully saturated rings. The third-order valence-electron chi connectivity index (χ3n) is 4.10. The number of ether oxygens (including phenoxy) is 1. The van der Waals surface area contributed by atoms with Crippen LogP contribution in [0.15, 0.2) is 24.3 Å². The van der Waals surface area contributed by atoms with E-state index in [0.717, 1.165) is 18.6 Å². The minimum atomic E-state index is 0.0324. The van der Waals surface area contributed by atoms with Crippen molar-refractivity contribution in [3.05, 3.63) is 29.8 Å². The topological polar surface area (TPSA) is 58.6 Å². The Kier molecular flexibility index (Phi) is 7.37. The molecule has 132 valence electrons. The van der Waals surface area contributed by atoms with Gasteiger partial charge < -0.3 is 15.0 Å². The van der Waals surface area contributed by atoms with Gasteiger partial charge in [0, 0.05) is 37.0 Å². The van der Waals surface area contributed by atoms with Gasteiger partial charge >= 0.3 is 0 Å². The van der Waals surface area contributed by atoms with E-state index in [1.807, 2.05) is 24.0 Å². The van der Waals surface area contributed by atoms with Gasteiger partial charge in [0.2, 0.25) is 5.91 Å². The van der Waals surface area contributed by atoms with Crippen LogP contribution in [0.3, 0.4) is 0 Å². The highest BCUT2D eigenvalue weighted by Gasteiger charge is 2.24. The van der Waals surface area contributed by atoms with Crippen molar-refractivity contribution in [2.45, 2.75) is 38.6 Å². The van der Waals surface area contributed by atoms with E-state index < -0.39 is 0 Å². The molecule has 2 rings (SSSR count). The van der Waals surface area contributed by atoms with E-state index in [1.165, 1.54) is 0 Å². The molecule has 1 heterocycles. The Hall–Kier alpha value is -1.75. The van der Waals surface area contributed by atoms with E-state index >= 15 is 0 Å². The highest BCUT2D eigenvalue weighted by Crippen LogP contribution is 2.17. The van der Waals surface area contributed by atoms with Gasteiger partial charge in [-0.3, -0.25) is 9.59 Å². The zero-order valence-corrected chi connectivity index (χ0v) is 14.8. The molecule has 0 unspecified atom stereocenters. The number of amides is 2. The molecule has 6 heteroatoms. The van der Waals surface area contributed by atoms with Crippen LogP contribution in [0, 0.1) is 0 Å². The van der Waals surface area contributed by atoms with Gasteiger partial charge in [-0.05, 0) is 50.5 Å². The van der Waals surface area contributed by atoms with E-state index in [0.29, 0.717) is 44.0 Å². The Morgan fingerprint density at radius 2 is 1.92 bits per heavy atom. The average Bonchev–Trinajstić information content (AvgIpc) is 2.61. The molecule has 0 atom stereocenters. The van der Waals surface area contributed by atoms with Crippen molar-refractivity contribution < 1.29 is 14.3 Å². The first-order valence-electron chi connectivity index (χ1n) is 8.51. The summed E-state index contributed by atoms with van der Waals surface area (Å²) in [6, 6.07) is 7.39. The summed E-state index contributed by atoms with van der Waals surface area (Å²) in [7, 11) is 0. The summed E-state index contributed by atoms with van der Waals surface area (Å²) < 4.78 is 5.39. The van der Waals surface area contributed by atoms with E-state index in [1.54, 1.807) is 12.1 Å². The highest BCUT2D eigenvalue weighted by atomic mass is 35.5. The lowest BCUT2D eigenvalue weighted by Gasteiger charge is -2.32. The van der Waals surface area contributed by atoms with Gasteiger partial charge in [-0.25, -0.2) is 0 Å². The van der Waals surface area contributed by atoms with E-state index in [-0.39, 0.29) is 17.9 Å². The fourth-order valence-electron chi connectivity index (χ4n) is 2.80. The van der Waals surface area contributed by atoms with Crippen LogP contribution in [0.25, 0.3) is 0 Å². The van der Waals surface area contributed by atoms with E-state index in [4.69, 9.17) is 16.3 Å². The van der Waals surface area contributed by atoms with Crippen molar-refractivity contribution in [3.63, 3.8) is 0 Å². The zero-order chi connectivity index (χ0) is 17.4. The summed E-state index contributed by atoms with van der Waals surface area (Å²) >= 11 is 5.60. The summed E-state index contributed by atoms with van der Waals surface area (Å²) in [4.78, 5) is 26.1. The number of hydrogen-bond acceptors (Lipinski definition) is 3. The number of hydrogen-bond donors (Lipinski definition) is 1. The van der Waals surface area contributed by atoms with Gasteiger partial charge in [0.15, 0.2) is 0 Å². The lowest BCUT2D eigenvalue weighted by molar-refractivity contribution is -0.122. The summed E-state index contributed by atoms with van der Waals surface area (Å²) in [5.41, 5.74) is 0.669. The molecule has 24 heavy (non-hydrogen) atoms. The number of likely N-dealkylation sites (tertiary alicyclic amines) is 1. The molecule has 2 amide bonds. The molecule has 1 aliphatic heterocycles. The van der Waals surface area contributed by atoms with Gasteiger partial charge in [0.1, 0.15) is 5.75 Å². The molecular weight excluding hydrogens is 328 g/mol. The summed E-state index contributed by atoms with van der Waals surface area (Å²) in [6.07, 6.45) is 2.74. The van der Waals surface area contributed by atoms with Crippen LogP contribution < -0.4 is 10.1 Å². The standard InChI is InChI=1S/C18H25ClN2O3/c1-2-24-16-7-5-14(6-8-16)18(23)21-12-9-15(10-13-21)20-17(22)4-3-11-19/h5-8,15H,2-4,9-13H2,1H3,(H,20,22). The molecule has 0 spiro atoms. The third-order valence-corrected chi connectivity index (χ3v) is 4.36. The van der Waals surface area contributed by atoms with Crippen molar-refractivity contribution in [2.24, 2.45) is 0 Å². The molecule has 1 aromatic rings. The largest absolute Gasteiger partial charge is 0.494 e. The fourth-order valence-corrected chi connectivity index (χ4v) is 2.93. The average molecular weight is 353 g/mol. The first-order valence-corrected chi connectivity index (χ1v) is 9.05. The molecule has 0 aromatic heterocycles. The number of carbonyl (C=O) groups excluding carboxylic acids is 2. The number of piperidine rings is 1. The Bertz CT molecular complexity index is 540. The molecule has 1 aliphatic rings. The molecule has 0 aliphatic carbocycles. The van der Waals surface area contributed by atoms with Crippen molar-refractivity contribution in [3.8, 4) is 5.75 Å². The second kappa shape index (κ2) is 9.52. The minimum absolute atomic E-state index is 0.0324. The Morgan fingerprint density at radius 1 is 1.25 bits per heavy atom. The van der Waals surface area contributed by atoms with Crippen LogP contribution in [-0.4, -0.2) is 48.3 Å². The minimum Gasteiger partial charge on any atom is -0.494 e. The summed E-state index contributed by atoms with van der Waals surface area (Å²) in [5, 5.41) is 3.02. The quantitative estimate of drug-likeness (QED) is 0.768. The Labute approximate surface area is 148 Å². The maximum Gasteiger partial charge on any atom is 0.253 e. The van der Waals surface area contributed by atoms with Crippen molar-refractivity contribution in [1.82, 2.24) is 10.2 Å². The van der Waals surface area contributed by atoms with Crippen LogP contribution in [0.2, 0.25) is 0 Å². The Morgan fingerprint density at radius 3 is 2.50 bits per heavy atom. The predicted molar refractivity (Wildman–Crippen MR) is 94.6 cm³/mol. The van der Waals surface area contributed by atoms with Crippen LogP contribution in [0.1, 0.15) is 43.0 Å². The van der Waals surface area contributed by atoms with E-state index in [2.05, 4.69) is 5.32 Å². The Balaban J connectivity index is 1.80. The molecule has 1 aromatic carbocycles. The molecule has 1 N–H and O–H groups in total. The van der Waals surface area contributed by atoms with Crippen LogP contribution in [0.5, 0.6) is 5.75 Å². The van der Waals surface area contributed by atoms with E-state index in [9.17, 15) is 9.59 Å². The van der Waals surface area contributed by atoms with Crippen LogP contribution in [-0.2, 0) is 4.79 Å². The first-order chi connectivity index (χ1) is 11.6. The third kappa shape index (κ3) is 5.41. The van der Waals surface area contributed by atoms with Crippen molar-refractivity contribution in [1.29, 1.82) is 0 Å². The lowest BCUT2D eigenvalue weighted by atomic mass is 10.0. The SMILES string of the molecule is CCOc1ccc(C(=O)N2CCC(NC(=O)CCCCl)CC2)cc1. The normalized spacial score (nSPS) is 15.2. The monoisotopic (exact) mass is 352 g/mol. The fraction of sp³-hybridized carbons (Fsp3) is 0.556. The molecule has 5 nitrogen and oxygen atoms in total. The van der Waals surface area contributed by atoms with Crippen molar-refractivity contribution in [2.75, 3.05) is 25.6 Å². The number of carbonyl (C=O) groups is 2. The maximum atomic E-state index is 12.5. The first kappa shape index (κ1) is 18.6. The second-order valence-corrected chi connectivity index (χ2v) is 6.26. The second-order valence-electron chi connectivity index (χ2n) is 5.88. The van der Waals surface area contributed by atoms with Gasteiger partial charge in [-0.15, -0.1) is 11.6 Å². The molecule has 1 saturated heterocycles. The molecule has 0 bridgehead atoms. The maximum absolute atomic E-state index is 12.5. The number of halogens is 1. The van der Waals surface area contributed by atoms with Gasteiger partial charge in [-0.1, -0.05) is 0 Å². The number of benzene rings is 1. The van der Waals surface area contributed by atoms with Gasteiger partial charge in [-0.2, -0.15) is 0 Å². The summed E-state index contributed by atoms with van der Waals surface area (Å²) in [5.74, 6) is 1.35. The molecular formula is C18H25ClN2O3. The van der Waals surface area contributed by atoms with Crippen LogP contribution >= 0.6 is 11.6 Å². The number of alkyl halides is 1. The predicted octanol–water partition coefficient (Wildman–Crippen LogP) is 2.83. The number of nitrogens with zero attached hydrogens (tertiary/aromatic N) is 1. The highest BCUT2D eigenvalue weighted by molar-refractivity contribution is 6.17. The molecule has 0 saturated carbocycles. The van der Waals surface area contributed by atoms with Crippen molar-refractivity contribution >= 4 is 23.4 Å². The number of nitrogens with one attached hydrogen (secondary N) is 1. The van der Waals surface area contributed by atoms with Gasteiger partial charge in [0.05, 0.1) is 6.61 Å². The smallest absolute Gasteiger partial charge is 0.253 e. The zero-order valence-electron chi connectivity index (χ0n) is 14.1. The lowest BCUT2D eigenvalue weighted by Crippen LogP contribution is -2.46. The molecule has 0 radical (unpaired) electrons. The summed E-state index contributed by atoms with van der Waals surface area (Å²) in [6.45, 7) is 3.86. The van der Waals surface area contributed by atoms with Crippen LogP contribution in [0.4, 0.5) is 0 Å².